The third-order valence-electron chi connectivity index (χ3n) is 3.16. The maximum Gasteiger partial charge on any atom is 0.0585 e. The molecule has 0 radical (unpaired) electrons. The van der Waals surface area contributed by atoms with Crippen LogP contribution in [0, 0.1) is 13.8 Å². The molecule has 0 spiro atoms. The normalized spacial score (nSPS) is 12.4. The summed E-state index contributed by atoms with van der Waals surface area (Å²) in [5.41, 5.74) is 5.13. The largest absolute Gasteiger partial charge is 0.309 e. The Morgan fingerprint density at radius 3 is 2.17 bits per heavy atom. The number of halogens is 1. The van der Waals surface area contributed by atoms with Crippen LogP contribution >= 0.6 is 15.9 Å². The predicted molar refractivity (Wildman–Crippen MR) is 81.0 cm³/mol. The SMILES string of the molecule is CNC(c1ccc(C)cc1)c1cc(C)ccc1Br. The molecule has 1 N–H and O–H groups in total. The highest BCUT2D eigenvalue weighted by Gasteiger charge is 2.14. The first-order valence-corrected chi connectivity index (χ1v) is 6.91. The highest BCUT2D eigenvalue weighted by Crippen LogP contribution is 2.29. The van der Waals surface area contributed by atoms with Gasteiger partial charge in [-0.2, -0.15) is 0 Å². The molecule has 0 saturated heterocycles. The first-order chi connectivity index (χ1) is 8.61. The third kappa shape index (κ3) is 2.82. The summed E-state index contributed by atoms with van der Waals surface area (Å²) >= 11 is 3.64. The Balaban J connectivity index is 2.44. The number of benzene rings is 2. The first-order valence-electron chi connectivity index (χ1n) is 6.11. The number of nitrogens with one attached hydrogen (secondary N) is 1. The van der Waals surface area contributed by atoms with Gasteiger partial charge in [-0.15, -0.1) is 0 Å². The summed E-state index contributed by atoms with van der Waals surface area (Å²) in [6.45, 7) is 4.23. The van der Waals surface area contributed by atoms with Gasteiger partial charge in [0.2, 0.25) is 0 Å². The maximum atomic E-state index is 3.64. The van der Waals surface area contributed by atoms with Crippen molar-refractivity contribution in [2.24, 2.45) is 0 Å². The van der Waals surface area contributed by atoms with Crippen LogP contribution in [0.1, 0.15) is 28.3 Å². The van der Waals surface area contributed by atoms with E-state index in [0.717, 1.165) is 4.47 Å². The van der Waals surface area contributed by atoms with E-state index in [0.29, 0.717) is 0 Å². The van der Waals surface area contributed by atoms with Crippen molar-refractivity contribution in [3.63, 3.8) is 0 Å². The van der Waals surface area contributed by atoms with Crippen LogP contribution in [0.25, 0.3) is 0 Å². The van der Waals surface area contributed by atoms with Gasteiger partial charge in [0.05, 0.1) is 6.04 Å². The van der Waals surface area contributed by atoms with Crippen LogP contribution in [0.15, 0.2) is 46.9 Å². The van der Waals surface area contributed by atoms with Crippen LogP contribution in [-0.2, 0) is 0 Å². The minimum atomic E-state index is 0.222. The molecule has 1 atom stereocenters. The Kier molecular flexibility index (Phi) is 4.20. The van der Waals surface area contributed by atoms with Crippen LogP contribution < -0.4 is 5.32 Å². The molecule has 0 heterocycles. The molecule has 2 heteroatoms. The minimum Gasteiger partial charge on any atom is -0.309 e. The van der Waals surface area contributed by atoms with E-state index >= 15 is 0 Å². The van der Waals surface area contributed by atoms with E-state index < -0.39 is 0 Å². The van der Waals surface area contributed by atoms with Crippen LogP contribution in [0.4, 0.5) is 0 Å². The van der Waals surface area contributed by atoms with E-state index in [-0.39, 0.29) is 6.04 Å². The minimum absolute atomic E-state index is 0.222. The summed E-state index contributed by atoms with van der Waals surface area (Å²) in [5.74, 6) is 0. The van der Waals surface area contributed by atoms with Gasteiger partial charge in [-0.05, 0) is 38.1 Å². The first kappa shape index (κ1) is 13.3. The van der Waals surface area contributed by atoms with Crippen molar-refractivity contribution in [2.45, 2.75) is 19.9 Å². The van der Waals surface area contributed by atoms with E-state index in [2.05, 4.69) is 77.6 Å². The highest BCUT2D eigenvalue weighted by atomic mass is 79.9. The zero-order chi connectivity index (χ0) is 13.1. The number of rotatable bonds is 3. The van der Waals surface area contributed by atoms with Crippen LogP contribution in [0.2, 0.25) is 0 Å². The molecule has 0 aliphatic rings. The van der Waals surface area contributed by atoms with Crippen LogP contribution in [-0.4, -0.2) is 7.05 Å². The molecule has 94 valence electrons. The molecule has 1 unspecified atom stereocenters. The Hall–Kier alpha value is -1.12. The molecule has 0 aliphatic heterocycles. The highest BCUT2D eigenvalue weighted by molar-refractivity contribution is 9.10. The fourth-order valence-electron chi connectivity index (χ4n) is 2.15. The second-order valence-corrected chi connectivity index (χ2v) is 5.51. The summed E-state index contributed by atoms with van der Waals surface area (Å²) in [6, 6.07) is 15.4. The van der Waals surface area contributed by atoms with Gasteiger partial charge >= 0.3 is 0 Å². The molecule has 2 rings (SSSR count). The van der Waals surface area contributed by atoms with Crippen molar-refractivity contribution in [2.75, 3.05) is 7.05 Å². The van der Waals surface area contributed by atoms with Gasteiger partial charge in [0.15, 0.2) is 0 Å². The average Bonchev–Trinajstić information content (AvgIpc) is 2.37. The molecule has 2 aromatic rings. The Morgan fingerprint density at radius 1 is 0.944 bits per heavy atom. The van der Waals surface area contributed by atoms with E-state index in [1.54, 1.807) is 0 Å². The molecule has 2 aromatic carbocycles. The quantitative estimate of drug-likeness (QED) is 0.887. The maximum absolute atomic E-state index is 3.64. The lowest BCUT2D eigenvalue weighted by Gasteiger charge is -2.19. The smallest absolute Gasteiger partial charge is 0.0585 e. The third-order valence-corrected chi connectivity index (χ3v) is 3.88. The molecule has 0 amide bonds. The van der Waals surface area contributed by atoms with Gasteiger partial charge < -0.3 is 5.32 Å². The van der Waals surface area contributed by atoms with Crippen molar-refractivity contribution in [3.05, 3.63) is 69.2 Å². The molecule has 0 fully saturated rings. The lowest BCUT2D eigenvalue weighted by molar-refractivity contribution is 0.688. The van der Waals surface area contributed by atoms with E-state index in [1.165, 1.54) is 22.3 Å². The van der Waals surface area contributed by atoms with Crippen molar-refractivity contribution >= 4 is 15.9 Å². The summed E-state index contributed by atoms with van der Waals surface area (Å²) < 4.78 is 1.15. The standard InChI is InChI=1S/C16H18BrN/c1-11-4-7-13(8-5-11)16(18-3)14-10-12(2)6-9-15(14)17/h4-10,16,18H,1-3H3. The van der Waals surface area contributed by atoms with Crippen molar-refractivity contribution in [3.8, 4) is 0 Å². The molecule has 0 aromatic heterocycles. The summed E-state index contributed by atoms with van der Waals surface area (Å²) in [5, 5.41) is 3.39. The predicted octanol–water partition coefficient (Wildman–Crippen LogP) is 4.37. The zero-order valence-corrected chi connectivity index (χ0v) is 12.6. The summed E-state index contributed by atoms with van der Waals surface area (Å²) in [4.78, 5) is 0. The van der Waals surface area contributed by atoms with Gasteiger partial charge in [0, 0.05) is 4.47 Å². The lowest BCUT2D eigenvalue weighted by Crippen LogP contribution is -2.18. The van der Waals surface area contributed by atoms with Gasteiger partial charge in [0.25, 0.3) is 0 Å². The Morgan fingerprint density at radius 2 is 1.56 bits per heavy atom. The molecule has 1 nitrogen and oxygen atoms in total. The molecule has 0 saturated carbocycles. The summed E-state index contributed by atoms with van der Waals surface area (Å²) in [7, 11) is 2.00. The van der Waals surface area contributed by atoms with Crippen LogP contribution in [0.3, 0.4) is 0 Å². The fraction of sp³-hybridized carbons (Fsp3) is 0.250. The topological polar surface area (TPSA) is 12.0 Å². The molecular weight excluding hydrogens is 286 g/mol. The van der Waals surface area contributed by atoms with Gasteiger partial charge in [-0.25, -0.2) is 0 Å². The molecule has 18 heavy (non-hydrogen) atoms. The second-order valence-electron chi connectivity index (χ2n) is 4.66. The Bertz CT molecular complexity index is 531. The average molecular weight is 304 g/mol. The van der Waals surface area contributed by atoms with Crippen molar-refractivity contribution in [1.82, 2.24) is 5.32 Å². The van der Waals surface area contributed by atoms with E-state index in [1.807, 2.05) is 7.05 Å². The van der Waals surface area contributed by atoms with Gasteiger partial charge in [-0.1, -0.05) is 63.5 Å². The number of hydrogen-bond acceptors (Lipinski definition) is 1. The molecular formula is C16H18BrN. The molecule has 0 aliphatic carbocycles. The van der Waals surface area contributed by atoms with Crippen molar-refractivity contribution in [1.29, 1.82) is 0 Å². The van der Waals surface area contributed by atoms with E-state index in [9.17, 15) is 0 Å². The van der Waals surface area contributed by atoms with E-state index in [4.69, 9.17) is 0 Å². The van der Waals surface area contributed by atoms with Crippen LogP contribution in [0.5, 0.6) is 0 Å². The lowest BCUT2D eigenvalue weighted by atomic mass is 9.97. The number of aryl methyl sites for hydroxylation is 2. The zero-order valence-electron chi connectivity index (χ0n) is 11.0. The fourth-order valence-corrected chi connectivity index (χ4v) is 2.62. The Labute approximate surface area is 117 Å². The second kappa shape index (κ2) is 5.68. The number of hydrogen-bond donors (Lipinski definition) is 1. The van der Waals surface area contributed by atoms with Gasteiger partial charge in [-0.3, -0.25) is 0 Å². The molecule has 0 bridgehead atoms. The summed E-state index contributed by atoms with van der Waals surface area (Å²) in [6.07, 6.45) is 0. The monoisotopic (exact) mass is 303 g/mol. The van der Waals surface area contributed by atoms with Crippen molar-refractivity contribution < 1.29 is 0 Å². The van der Waals surface area contributed by atoms with Gasteiger partial charge in [0.1, 0.15) is 0 Å².